The molecule has 1 unspecified atom stereocenters. The minimum atomic E-state index is -1.07. The SMILES string of the molecule is CCOCCOCCOCCOCCOCCOCCOCCOCCOCCCCCC(=O)Nc1cccc2c1C(=O)N(C1CCC(=O)NC1=O)C2=O. The molecule has 1 atom stereocenters. The molecule has 1 aromatic carbocycles. The fraction of sp³-hybridized carbons (Fsp3) is 0.703. The molecule has 0 spiro atoms. The van der Waals surface area contributed by atoms with Gasteiger partial charge in [0.1, 0.15) is 6.04 Å². The lowest BCUT2D eigenvalue weighted by Crippen LogP contribution is -2.54. The van der Waals surface area contributed by atoms with E-state index in [9.17, 15) is 24.0 Å². The third kappa shape index (κ3) is 17.4. The van der Waals surface area contributed by atoms with Gasteiger partial charge in [-0.3, -0.25) is 34.2 Å². The normalized spacial score (nSPS) is 15.6. The standard InChI is InChI=1S/C37H57N3O14/c1-2-46-13-14-48-17-18-50-21-22-52-25-26-54-28-27-53-24-23-51-20-19-49-16-15-47-12-5-3-4-9-32(41)38-30-8-6-7-29-34(30)37(45)40(36(29)44)31-10-11-33(42)39-35(31)43/h6-8,31H,2-5,9-28H2,1H3,(H,38,41)(H,39,42,43). The number of fused-ring (bicyclic) bond motifs is 1. The smallest absolute Gasteiger partial charge is 0.264 e. The molecule has 5 amide bonds. The van der Waals surface area contributed by atoms with Crippen molar-refractivity contribution in [3.63, 3.8) is 0 Å². The van der Waals surface area contributed by atoms with Gasteiger partial charge in [0, 0.05) is 26.1 Å². The lowest BCUT2D eigenvalue weighted by molar-refractivity contribution is -0.136. The van der Waals surface area contributed by atoms with Crippen molar-refractivity contribution in [2.75, 3.05) is 124 Å². The number of carbonyl (C=O) groups excluding carboxylic acids is 5. The molecule has 2 heterocycles. The summed E-state index contributed by atoms with van der Waals surface area (Å²) in [5.41, 5.74) is 0.387. The largest absolute Gasteiger partial charge is 0.379 e. The van der Waals surface area contributed by atoms with Crippen LogP contribution in [0.15, 0.2) is 18.2 Å². The Kier molecular flexibility index (Phi) is 23.4. The molecule has 17 nitrogen and oxygen atoms in total. The monoisotopic (exact) mass is 767 g/mol. The summed E-state index contributed by atoms with van der Waals surface area (Å²) in [5.74, 6) is -2.71. The zero-order valence-electron chi connectivity index (χ0n) is 31.4. The third-order valence-corrected chi connectivity index (χ3v) is 8.11. The van der Waals surface area contributed by atoms with E-state index in [4.69, 9.17) is 42.6 Å². The molecule has 3 rings (SSSR count). The second-order valence-electron chi connectivity index (χ2n) is 12.1. The number of carbonyl (C=O) groups is 5. The highest BCUT2D eigenvalue weighted by molar-refractivity contribution is 6.26. The molecule has 2 N–H and O–H groups in total. The number of piperidine rings is 1. The Morgan fingerprint density at radius 3 is 1.61 bits per heavy atom. The van der Waals surface area contributed by atoms with Crippen molar-refractivity contribution in [1.82, 2.24) is 10.2 Å². The lowest BCUT2D eigenvalue weighted by Gasteiger charge is -2.27. The molecular formula is C37H57N3O14. The van der Waals surface area contributed by atoms with Crippen LogP contribution in [-0.4, -0.2) is 159 Å². The molecular weight excluding hydrogens is 710 g/mol. The Labute approximate surface area is 316 Å². The average Bonchev–Trinajstić information content (AvgIpc) is 3.41. The van der Waals surface area contributed by atoms with Crippen LogP contribution in [0.1, 0.15) is 66.2 Å². The second kappa shape index (κ2) is 28.1. The van der Waals surface area contributed by atoms with Crippen molar-refractivity contribution in [2.45, 2.75) is 51.5 Å². The van der Waals surface area contributed by atoms with E-state index in [2.05, 4.69) is 10.6 Å². The number of ether oxygens (including phenoxy) is 9. The van der Waals surface area contributed by atoms with Crippen LogP contribution >= 0.6 is 0 Å². The minimum Gasteiger partial charge on any atom is -0.379 e. The number of anilines is 1. The van der Waals surface area contributed by atoms with Gasteiger partial charge in [0.25, 0.3) is 11.8 Å². The van der Waals surface area contributed by atoms with Crippen LogP contribution in [0.2, 0.25) is 0 Å². The summed E-state index contributed by atoms with van der Waals surface area (Å²) in [6.45, 7) is 11.2. The molecule has 2 aliphatic rings. The van der Waals surface area contributed by atoms with Gasteiger partial charge in [-0.25, -0.2) is 0 Å². The van der Waals surface area contributed by atoms with E-state index < -0.39 is 29.7 Å². The second-order valence-corrected chi connectivity index (χ2v) is 12.1. The first-order valence-electron chi connectivity index (χ1n) is 18.8. The summed E-state index contributed by atoms with van der Waals surface area (Å²) in [7, 11) is 0. The van der Waals surface area contributed by atoms with Crippen LogP contribution in [0.25, 0.3) is 0 Å². The molecule has 1 aromatic rings. The summed E-state index contributed by atoms with van der Waals surface area (Å²) in [6.07, 6.45) is 2.47. The van der Waals surface area contributed by atoms with Gasteiger partial charge in [-0.05, 0) is 38.3 Å². The summed E-state index contributed by atoms with van der Waals surface area (Å²) in [5, 5.41) is 4.90. The first kappa shape index (κ1) is 45.0. The van der Waals surface area contributed by atoms with Crippen LogP contribution in [0.5, 0.6) is 0 Å². The zero-order chi connectivity index (χ0) is 38.6. The molecule has 0 aliphatic carbocycles. The average molecular weight is 768 g/mol. The Balaban J connectivity index is 1.05. The molecule has 0 bridgehead atoms. The van der Waals surface area contributed by atoms with E-state index in [0.717, 1.165) is 17.7 Å². The molecule has 0 aromatic heterocycles. The Bertz CT molecular complexity index is 1280. The van der Waals surface area contributed by atoms with Crippen molar-refractivity contribution in [3.05, 3.63) is 29.3 Å². The number of hydrogen-bond donors (Lipinski definition) is 2. The van der Waals surface area contributed by atoms with Crippen molar-refractivity contribution < 1.29 is 66.6 Å². The van der Waals surface area contributed by atoms with Gasteiger partial charge in [0.15, 0.2) is 0 Å². The van der Waals surface area contributed by atoms with E-state index in [1.54, 1.807) is 12.1 Å². The molecule has 304 valence electrons. The first-order chi connectivity index (χ1) is 26.4. The summed E-state index contributed by atoms with van der Waals surface area (Å²) < 4.78 is 49.0. The van der Waals surface area contributed by atoms with Crippen LogP contribution in [0.4, 0.5) is 5.69 Å². The first-order valence-corrected chi connectivity index (χ1v) is 18.8. The molecule has 1 fully saturated rings. The number of nitrogens with one attached hydrogen (secondary N) is 2. The maximum absolute atomic E-state index is 13.2. The number of imide groups is 2. The van der Waals surface area contributed by atoms with Crippen LogP contribution in [0, 0.1) is 0 Å². The van der Waals surface area contributed by atoms with Crippen molar-refractivity contribution >= 4 is 35.2 Å². The van der Waals surface area contributed by atoms with E-state index >= 15 is 0 Å². The van der Waals surface area contributed by atoms with Gasteiger partial charge >= 0.3 is 0 Å². The van der Waals surface area contributed by atoms with Gasteiger partial charge in [0.2, 0.25) is 17.7 Å². The Hall–Kier alpha value is -3.39. The topological polar surface area (TPSA) is 196 Å². The van der Waals surface area contributed by atoms with Gasteiger partial charge < -0.3 is 47.9 Å². The number of rotatable bonds is 33. The van der Waals surface area contributed by atoms with Gasteiger partial charge in [0.05, 0.1) is 123 Å². The number of amides is 5. The third-order valence-electron chi connectivity index (χ3n) is 8.11. The van der Waals surface area contributed by atoms with E-state index in [1.165, 1.54) is 6.07 Å². The predicted octanol–water partition coefficient (Wildman–Crippen LogP) is 1.76. The molecule has 54 heavy (non-hydrogen) atoms. The van der Waals surface area contributed by atoms with E-state index in [1.807, 2.05) is 6.92 Å². The van der Waals surface area contributed by atoms with E-state index in [0.29, 0.717) is 125 Å². The number of benzene rings is 1. The lowest BCUT2D eigenvalue weighted by atomic mass is 10.0. The fourth-order valence-electron chi connectivity index (χ4n) is 5.40. The van der Waals surface area contributed by atoms with Crippen LogP contribution in [0.3, 0.4) is 0 Å². The molecule has 0 radical (unpaired) electrons. The van der Waals surface area contributed by atoms with Crippen molar-refractivity contribution in [3.8, 4) is 0 Å². The van der Waals surface area contributed by atoms with E-state index in [-0.39, 0.29) is 42.0 Å². The summed E-state index contributed by atoms with van der Waals surface area (Å²) in [4.78, 5) is 63.5. The number of nitrogens with zero attached hydrogens (tertiary/aromatic N) is 1. The van der Waals surface area contributed by atoms with Gasteiger partial charge in [-0.1, -0.05) is 12.5 Å². The highest BCUT2D eigenvalue weighted by Gasteiger charge is 2.45. The summed E-state index contributed by atoms with van der Waals surface area (Å²) in [6, 6.07) is 3.53. The van der Waals surface area contributed by atoms with Gasteiger partial charge in [-0.2, -0.15) is 0 Å². The molecule has 1 saturated heterocycles. The van der Waals surface area contributed by atoms with Crippen LogP contribution < -0.4 is 10.6 Å². The zero-order valence-corrected chi connectivity index (χ0v) is 31.4. The Morgan fingerprint density at radius 1 is 0.648 bits per heavy atom. The van der Waals surface area contributed by atoms with Crippen LogP contribution in [-0.2, 0) is 57.0 Å². The number of unbranched alkanes of at least 4 members (excludes halogenated alkanes) is 2. The Morgan fingerprint density at radius 2 is 1.13 bits per heavy atom. The minimum absolute atomic E-state index is 0.0299. The molecule has 2 aliphatic heterocycles. The summed E-state index contributed by atoms with van der Waals surface area (Å²) >= 11 is 0. The highest BCUT2D eigenvalue weighted by atomic mass is 16.6. The quantitative estimate of drug-likeness (QED) is 0.0776. The predicted molar refractivity (Wildman–Crippen MR) is 193 cm³/mol. The maximum Gasteiger partial charge on any atom is 0.264 e. The highest BCUT2D eigenvalue weighted by Crippen LogP contribution is 2.32. The molecule has 0 saturated carbocycles. The van der Waals surface area contributed by atoms with Gasteiger partial charge in [-0.15, -0.1) is 0 Å². The van der Waals surface area contributed by atoms with Crippen molar-refractivity contribution in [1.29, 1.82) is 0 Å². The number of hydrogen-bond acceptors (Lipinski definition) is 14. The maximum atomic E-state index is 13.2. The molecule has 17 heteroatoms. The fourth-order valence-corrected chi connectivity index (χ4v) is 5.40. The van der Waals surface area contributed by atoms with Crippen molar-refractivity contribution in [2.24, 2.45) is 0 Å².